The highest BCUT2D eigenvalue weighted by atomic mass is 32.2. The van der Waals surface area contributed by atoms with Gasteiger partial charge in [-0.1, -0.05) is 36.4 Å². The Kier molecular flexibility index (Phi) is 3.90. The smallest absolute Gasteiger partial charge is 0.185 e. The maximum atomic E-state index is 14.2. The number of hydrogen-bond acceptors (Lipinski definition) is 5. The van der Waals surface area contributed by atoms with Crippen molar-refractivity contribution in [2.24, 2.45) is 59.2 Å². The first-order valence-corrected chi connectivity index (χ1v) is 16.0. The maximum Gasteiger partial charge on any atom is 0.185 e. The predicted octanol–water partition coefficient (Wildman–Crippen LogP) is 3.66. The molecule has 6 aliphatic rings. The van der Waals surface area contributed by atoms with E-state index in [0.29, 0.717) is 40.4 Å². The van der Waals surface area contributed by atoms with Crippen LogP contribution in [-0.4, -0.2) is 33.1 Å². The van der Waals surface area contributed by atoms with Gasteiger partial charge in [0, 0.05) is 11.8 Å². The Morgan fingerprint density at radius 2 is 1.43 bits per heavy atom. The van der Waals surface area contributed by atoms with Gasteiger partial charge in [-0.25, -0.2) is 16.8 Å². The predicted molar refractivity (Wildman–Crippen MR) is 129 cm³/mol. The molecule has 2 aromatic carbocycles. The molecule has 0 aromatic heterocycles. The second-order valence-electron chi connectivity index (χ2n) is 11.9. The van der Waals surface area contributed by atoms with Gasteiger partial charge in [-0.3, -0.25) is 4.79 Å². The molecule has 2 aromatic rings. The Labute approximate surface area is 206 Å². The highest BCUT2D eigenvalue weighted by molar-refractivity contribution is 7.93. The Hall–Kier alpha value is -1.99. The van der Waals surface area contributed by atoms with Gasteiger partial charge >= 0.3 is 0 Å². The topological polar surface area (TPSA) is 85.3 Å². The van der Waals surface area contributed by atoms with Crippen LogP contribution in [0.5, 0.6) is 0 Å². The second kappa shape index (κ2) is 6.46. The van der Waals surface area contributed by atoms with Gasteiger partial charge in [0.25, 0.3) is 0 Å². The minimum atomic E-state index is -3.65. The number of rotatable bonds is 6. The molecule has 0 aliphatic heterocycles. The zero-order valence-corrected chi connectivity index (χ0v) is 20.9. The number of sulfone groups is 2. The largest absolute Gasteiger partial charge is 0.299 e. The first-order valence-electron chi connectivity index (χ1n) is 12.9. The molecule has 0 spiro atoms. The van der Waals surface area contributed by atoms with Gasteiger partial charge in [0.1, 0.15) is 5.78 Å². The Balaban J connectivity index is 1.18. The molecule has 5 nitrogen and oxygen atoms in total. The summed E-state index contributed by atoms with van der Waals surface area (Å²) in [5.74, 6) is 1.70. The molecule has 0 radical (unpaired) electrons. The van der Waals surface area contributed by atoms with E-state index >= 15 is 0 Å². The van der Waals surface area contributed by atoms with Gasteiger partial charge in [-0.05, 0) is 90.9 Å². The normalized spacial score (nSPS) is 45.8. The van der Waals surface area contributed by atoms with Gasteiger partial charge in [0.05, 0.1) is 20.3 Å². The van der Waals surface area contributed by atoms with Gasteiger partial charge in [-0.15, -0.1) is 0 Å². The van der Waals surface area contributed by atoms with Gasteiger partial charge in [0.15, 0.2) is 19.7 Å². The van der Waals surface area contributed by atoms with Crippen molar-refractivity contribution in [1.29, 1.82) is 0 Å². The maximum absolute atomic E-state index is 14.2. The summed E-state index contributed by atoms with van der Waals surface area (Å²) in [5.41, 5.74) is 0. The number of carbonyl (C=O) groups is 1. The van der Waals surface area contributed by atoms with E-state index in [9.17, 15) is 21.6 Å². The van der Waals surface area contributed by atoms with Crippen LogP contribution in [0.25, 0.3) is 0 Å². The molecular weight excluding hydrogens is 480 g/mol. The third kappa shape index (κ3) is 2.22. The molecule has 182 valence electrons. The van der Waals surface area contributed by atoms with Crippen LogP contribution >= 0.6 is 0 Å². The van der Waals surface area contributed by atoms with Crippen molar-refractivity contribution in [3.05, 3.63) is 60.7 Å². The van der Waals surface area contributed by atoms with Crippen molar-refractivity contribution in [2.75, 3.05) is 5.75 Å². The minimum Gasteiger partial charge on any atom is -0.299 e. The summed E-state index contributed by atoms with van der Waals surface area (Å²) in [4.78, 5) is 14.8. The number of benzene rings is 2. The fraction of sp³-hybridized carbons (Fsp3) is 0.536. The molecule has 6 fully saturated rings. The van der Waals surface area contributed by atoms with Crippen molar-refractivity contribution in [3.63, 3.8) is 0 Å². The van der Waals surface area contributed by atoms with Crippen LogP contribution < -0.4 is 0 Å². The summed E-state index contributed by atoms with van der Waals surface area (Å²) in [6, 6.07) is 17.3. The molecule has 0 amide bonds. The quantitative estimate of drug-likeness (QED) is 0.595. The van der Waals surface area contributed by atoms with E-state index in [1.165, 1.54) is 0 Å². The Morgan fingerprint density at radius 1 is 0.771 bits per heavy atom. The molecule has 6 aliphatic carbocycles. The van der Waals surface area contributed by atoms with E-state index in [4.69, 9.17) is 0 Å². The molecule has 11 atom stereocenters. The molecule has 35 heavy (non-hydrogen) atoms. The van der Waals surface area contributed by atoms with Crippen molar-refractivity contribution in [3.8, 4) is 0 Å². The highest BCUT2D eigenvalue weighted by Gasteiger charge is 2.88. The van der Waals surface area contributed by atoms with E-state index in [1.54, 1.807) is 48.5 Å². The number of fused-ring (bicyclic) bond motifs is 3. The highest BCUT2D eigenvalue weighted by Crippen LogP contribution is 2.86. The van der Waals surface area contributed by atoms with Crippen molar-refractivity contribution in [1.82, 2.24) is 0 Å². The van der Waals surface area contributed by atoms with Gasteiger partial charge in [-0.2, -0.15) is 0 Å². The van der Waals surface area contributed by atoms with Gasteiger partial charge < -0.3 is 0 Å². The summed E-state index contributed by atoms with van der Waals surface area (Å²) in [7, 11) is -7.05. The van der Waals surface area contributed by atoms with Crippen molar-refractivity contribution < 1.29 is 21.6 Å². The van der Waals surface area contributed by atoms with Crippen LogP contribution in [-0.2, 0) is 24.5 Å². The lowest BCUT2D eigenvalue weighted by molar-refractivity contribution is -0.128. The third-order valence-electron chi connectivity index (χ3n) is 11.3. The molecule has 2 bridgehead atoms. The number of ketones is 1. The molecule has 0 saturated heterocycles. The second-order valence-corrected chi connectivity index (χ2v) is 16.3. The minimum absolute atomic E-state index is 0.0392. The van der Waals surface area contributed by atoms with Crippen LogP contribution in [0.2, 0.25) is 0 Å². The van der Waals surface area contributed by atoms with E-state index in [2.05, 4.69) is 0 Å². The zero-order valence-electron chi connectivity index (χ0n) is 19.2. The SMILES string of the molecule is O=C1[C@@H]2[C@@H](CCS(=O)(=O)c3ccccc3)[C@@H]3C[C@@H]4[C@H]5[C@H]6C[C@]4(S(=O)(=O)c4ccccc4)[C@H]1[C@H]6[C@@H]2[C@H]35. The monoisotopic (exact) mass is 508 g/mol. The zero-order chi connectivity index (χ0) is 23.9. The number of carbonyl (C=O) groups excluding carboxylic acids is 1. The lowest BCUT2D eigenvalue weighted by Crippen LogP contribution is -2.53. The van der Waals surface area contributed by atoms with E-state index in [0.717, 1.165) is 6.42 Å². The fourth-order valence-corrected chi connectivity index (χ4v) is 14.8. The summed E-state index contributed by atoms with van der Waals surface area (Å²) in [6.45, 7) is 0. The number of hydrogen-bond donors (Lipinski definition) is 0. The first kappa shape index (κ1) is 21.1. The van der Waals surface area contributed by atoms with Crippen molar-refractivity contribution in [2.45, 2.75) is 33.8 Å². The Bertz CT molecular complexity index is 1470. The van der Waals surface area contributed by atoms with E-state index in [1.807, 2.05) is 12.1 Å². The lowest BCUT2D eigenvalue weighted by atomic mass is 9.70. The van der Waals surface area contributed by atoms with Crippen LogP contribution in [0.4, 0.5) is 0 Å². The molecule has 0 heterocycles. The third-order valence-corrected chi connectivity index (χ3v) is 15.7. The molecule has 8 rings (SSSR count). The van der Waals surface area contributed by atoms with Crippen molar-refractivity contribution >= 4 is 25.5 Å². The lowest BCUT2D eigenvalue weighted by Gasteiger charge is -2.42. The summed E-state index contributed by atoms with van der Waals surface area (Å²) in [5, 5.41) is 0. The van der Waals surface area contributed by atoms with E-state index in [-0.39, 0.29) is 47.0 Å². The molecule has 7 heteroatoms. The average molecular weight is 509 g/mol. The van der Waals surface area contributed by atoms with E-state index < -0.39 is 30.3 Å². The molecular formula is C28H28O5S2. The van der Waals surface area contributed by atoms with Crippen LogP contribution in [0.1, 0.15) is 19.3 Å². The van der Waals surface area contributed by atoms with Crippen LogP contribution in [0.15, 0.2) is 70.5 Å². The van der Waals surface area contributed by atoms with Gasteiger partial charge in [0.2, 0.25) is 0 Å². The number of Topliss-reactive ketones (excluding diaryl/α,β-unsaturated/α-hetero) is 1. The van der Waals surface area contributed by atoms with Crippen LogP contribution in [0, 0.1) is 59.2 Å². The van der Waals surface area contributed by atoms with Crippen LogP contribution in [0.3, 0.4) is 0 Å². The summed E-state index contributed by atoms with van der Waals surface area (Å²) in [6.07, 6.45) is 2.00. The Morgan fingerprint density at radius 3 is 2.11 bits per heavy atom. The summed E-state index contributed by atoms with van der Waals surface area (Å²) >= 11 is 0. The standard InChI is InChI=1S/C28H28O5S2/c29-27-24-17(11-12-34(30,31)15-7-3-1-4-8-15)18-13-20-21-19-14-28(20,26(27)23(19)25(24)22(18)21)35(32,33)16-9-5-2-6-10-16/h1-10,17-26H,11-14H2/t17-,18-,19+,20+,21+,22+,23+,24+,25-,26-,28+/m0/s1. The fourth-order valence-electron chi connectivity index (χ4n) is 10.8. The summed E-state index contributed by atoms with van der Waals surface area (Å²) < 4.78 is 53.6. The first-order chi connectivity index (χ1) is 16.8. The average Bonchev–Trinajstić information content (AvgIpc) is 3.64. The molecule has 0 unspecified atom stereocenters. The molecule has 6 saturated carbocycles. The molecule has 0 N–H and O–H groups in total.